The molecule has 4 nitrogen and oxygen atoms in total. The summed E-state index contributed by atoms with van der Waals surface area (Å²) in [6.07, 6.45) is 1.96. The summed E-state index contributed by atoms with van der Waals surface area (Å²) < 4.78 is 2.98. The molecule has 1 aliphatic rings. The van der Waals surface area contributed by atoms with Crippen molar-refractivity contribution < 1.29 is 10.2 Å². The van der Waals surface area contributed by atoms with Gasteiger partial charge in [0, 0.05) is 6.20 Å². The number of halogens is 1. The van der Waals surface area contributed by atoms with Gasteiger partial charge in [0.2, 0.25) is 0 Å². The zero-order valence-corrected chi connectivity index (χ0v) is 10.0. The molecule has 1 aromatic rings. The largest absolute Gasteiger partial charge is 0.390 e. The zero-order valence-electron chi connectivity index (χ0n) is 7.89. The van der Waals surface area contributed by atoms with Crippen molar-refractivity contribution in [3.05, 3.63) is 15.5 Å². The van der Waals surface area contributed by atoms with Crippen molar-refractivity contribution in [3.8, 4) is 0 Å². The first kappa shape index (κ1) is 10.4. The minimum atomic E-state index is -0.595. The number of aryl methyl sites for hydroxylation is 1. The predicted molar refractivity (Wildman–Crippen MR) is 60.0 cm³/mol. The van der Waals surface area contributed by atoms with Gasteiger partial charge in [-0.2, -0.15) is 5.10 Å². The molecule has 2 atom stereocenters. The average molecular weight is 308 g/mol. The van der Waals surface area contributed by atoms with Crippen LogP contribution in [0.1, 0.15) is 24.6 Å². The molecule has 1 fully saturated rings. The summed E-state index contributed by atoms with van der Waals surface area (Å²) in [7, 11) is 0. The highest BCUT2D eigenvalue weighted by molar-refractivity contribution is 14.1. The molecule has 0 aromatic carbocycles. The van der Waals surface area contributed by atoms with Gasteiger partial charge in [0.1, 0.15) is 0 Å². The van der Waals surface area contributed by atoms with E-state index in [1.54, 1.807) is 0 Å². The maximum absolute atomic E-state index is 9.41. The molecule has 1 heterocycles. The molecular weight excluding hydrogens is 295 g/mol. The van der Waals surface area contributed by atoms with Gasteiger partial charge < -0.3 is 10.2 Å². The van der Waals surface area contributed by atoms with Crippen LogP contribution in [-0.2, 0) is 0 Å². The van der Waals surface area contributed by atoms with Gasteiger partial charge in [0.15, 0.2) is 0 Å². The number of aliphatic hydroxyl groups is 2. The maximum Gasteiger partial charge on any atom is 0.0820 e. The number of aliphatic hydroxyl groups excluding tert-OH is 2. The molecule has 1 saturated carbocycles. The van der Waals surface area contributed by atoms with Gasteiger partial charge in [0.25, 0.3) is 0 Å². The zero-order chi connectivity index (χ0) is 10.3. The van der Waals surface area contributed by atoms with Gasteiger partial charge in [-0.3, -0.25) is 4.68 Å². The van der Waals surface area contributed by atoms with Crippen LogP contribution < -0.4 is 0 Å². The van der Waals surface area contributed by atoms with E-state index in [0.29, 0.717) is 12.8 Å². The molecule has 0 spiro atoms. The Balaban J connectivity index is 2.17. The van der Waals surface area contributed by atoms with E-state index >= 15 is 0 Å². The van der Waals surface area contributed by atoms with Crippen molar-refractivity contribution in [1.29, 1.82) is 0 Å². The highest BCUT2D eigenvalue weighted by atomic mass is 127. The van der Waals surface area contributed by atoms with Gasteiger partial charge in [-0.25, -0.2) is 0 Å². The van der Waals surface area contributed by atoms with Crippen LogP contribution in [0.4, 0.5) is 0 Å². The molecule has 2 unspecified atom stereocenters. The third kappa shape index (κ3) is 1.80. The minimum absolute atomic E-state index is 0.141. The second-order valence-electron chi connectivity index (χ2n) is 3.80. The Labute approximate surface area is 96.1 Å². The Hall–Kier alpha value is -0.140. The first-order chi connectivity index (χ1) is 6.58. The van der Waals surface area contributed by atoms with E-state index in [-0.39, 0.29) is 6.04 Å². The van der Waals surface area contributed by atoms with Gasteiger partial charge in [-0.05, 0) is 42.4 Å². The van der Waals surface area contributed by atoms with E-state index in [4.69, 9.17) is 0 Å². The molecule has 78 valence electrons. The van der Waals surface area contributed by atoms with E-state index < -0.39 is 12.2 Å². The Morgan fingerprint density at radius 2 is 2.00 bits per heavy atom. The molecular formula is C9H13IN2O2. The molecule has 0 amide bonds. The minimum Gasteiger partial charge on any atom is -0.390 e. The Morgan fingerprint density at radius 3 is 2.43 bits per heavy atom. The molecule has 0 radical (unpaired) electrons. The molecule has 0 aliphatic heterocycles. The Morgan fingerprint density at radius 1 is 1.43 bits per heavy atom. The topological polar surface area (TPSA) is 58.3 Å². The van der Waals surface area contributed by atoms with E-state index in [0.717, 1.165) is 9.26 Å². The molecule has 0 saturated heterocycles. The first-order valence-corrected chi connectivity index (χ1v) is 5.73. The number of rotatable bonds is 1. The molecule has 0 bridgehead atoms. The fraction of sp³-hybridized carbons (Fsp3) is 0.667. The van der Waals surface area contributed by atoms with Gasteiger partial charge in [0.05, 0.1) is 27.5 Å². The lowest BCUT2D eigenvalue weighted by atomic mass is 10.2. The van der Waals surface area contributed by atoms with Crippen molar-refractivity contribution >= 4 is 22.6 Å². The number of hydrogen-bond acceptors (Lipinski definition) is 3. The second-order valence-corrected chi connectivity index (χ2v) is 4.96. The van der Waals surface area contributed by atoms with Crippen LogP contribution in [0, 0.1) is 10.5 Å². The molecule has 2 rings (SSSR count). The average Bonchev–Trinajstić information content (AvgIpc) is 2.60. The Bertz CT molecular complexity index is 310. The molecule has 1 aliphatic carbocycles. The Kier molecular flexibility index (Phi) is 2.81. The molecule has 2 N–H and O–H groups in total. The van der Waals surface area contributed by atoms with Gasteiger partial charge in [-0.1, -0.05) is 0 Å². The maximum atomic E-state index is 9.41. The van der Waals surface area contributed by atoms with Crippen molar-refractivity contribution in [1.82, 2.24) is 9.78 Å². The second kappa shape index (κ2) is 3.79. The third-order valence-electron chi connectivity index (χ3n) is 2.70. The van der Waals surface area contributed by atoms with Crippen LogP contribution in [0.25, 0.3) is 0 Å². The van der Waals surface area contributed by atoms with Crippen molar-refractivity contribution in [2.75, 3.05) is 0 Å². The van der Waals surface area contributed by atoms with Crippen LogP contribution in [0.3, 0.4) is 0 Å². The smallest absolute Gasteiger partial charge is 0.0820 e. The SMILES string of the molecule is Cc1nn(C2CC(O)C(O)C2)cc1I. The number of hydrogen-bond donors (Lipinski definition) is 2. The number of nitrogens with zero attached hydrogens (tertiary/aromatic N) is 2. The van der Waals surface area contributed by atoms with E-state index in [1.165, 1.54) is 0 Å². The molecule has 1 aromatic heterocycles. The number of aromatic nitrogens is 2. The summed E-state index contributed by atoms with van der Waals surface area (Å²) in [6.45, 7) is 1.96. The van der Waals surface area contributed by atoms with Crippen LogP contribution >= 0.6 is 22.6 Å². The van der Waals surface area contributed by atoms with E-state index in [1.807, 2.05) is 17.8 Å². The molecule has 14 heavy (non-hydrogen) atoms. The third-order valence-corrected chi connectivity index (χ3v) is 3.76. The molecule has 5 heteroatoms. The standard InChI is InChI=1S/C9H13IN2O2/c1-5-7(10)4-12(11-5)6-2-8(13)9(14)3-6/h4,6,8-9,13-14H,2-3H2,1H3. The summed E-state index contributed by atoms with van der Waals surface area (Å²) in [5.41, 5.74) is 1.00. The van der Waals surface area contributed by atoms with Gasteiger partial charge in [-0.15, -0.1) is 0 Å². The van der Waals surface area contributed by atoms with Gasteiger partial charge >= 0.3 is 0 Å². The van der Waals surface area contributed by atoms with E-state index in [2.05, 4.69) is 27.7 Å². The van der Waals surface area contributed by atoms with Crippen LogP contribution in [-0.4, -0.2) is 32.2 Å². The van der Waals surface area contributed by atoms with Crippen LogP contribution in [0.5, 0.6) is 0 Å². The lowest BCUT2D eigenvalue weighted by Crippen LogP contribution is -2.17. The van der Waals surface area contributed by atoms with Crippen molar-refractivity contribution in [3.63, 3.8) is 0 Å². The monoisotopic (exact) mass is 308 g/mol. The quantitative estimate of drug-likeness (QED) is 0.756. The van der Waals surface area contributed by atoms with Crippen molar-refractivity contribution in [2.24, 2.45) is 0 Å². The summed E-state index contributed by atoms with van der Waals surface area (Å²) in [5.74, 6) is 0. The summed E-state index contributed by atoms with van der Waals surface area (Å²) in [6, 6.07) is 0.141. The van der Waals surface area contributed by atoms with Crippen LogP contribution in [0.15, 0.2) is 6.20 Å². The summed E-state index contributed by atoms with van der Waals surface area (Å²) in [5, 5.41) is 23.2. The lowest BCUT2D eigenvalue weighted by molar-refractivity contribution is 0.0438. The van der Waals surface area contributed by atoms with Crippen molar-refractivity contribution in [2.45, 2.75) is 38.0 Å². The predicted octanol–water partition coefficient (Wildman–Crippen LogP) is 0.853. The highest BCUT2D eigenvalue weighted by Crippen LogP contribution is 2.30. The fourth-order valence-electron chi connectivity index (χ4n) is 1.83. The normalized spacial score (nSPS) is 32.4. The first-order valence-electron chi connectivity index (χ1n) is 4.65. The fourth-order valence-corrected chi connectivity index (χ4v) is 2.22. The summed E-state index contributed by atoms with van der Waals surface area (Å²) >= 11 is 2.23. The van der Waals surface area contributed by atoms with E-state index in [9.17, 15) is 10.2 Å². The summed E-state index contributed by atoms with van der Waals surface area (Å²) in [4.78, 5) is 0. The van der Waals surface area contributed by atoms with Crippen LogP contribution in [0.2, 0.25) is 0 Å². The lowest BCUT2D eigenvalue weighted by Gasteiger charge is -2.08. The highest BCUT2D eigenvalue weighted by Gasteiger charge is 2.33.